The molecule has 1 aliphatic rings. The van der Waals surface area contributed by atoms with Crippen molar-refractivity contribution in [1.29, 1.82) is 0 Å². The molecule has 0 bridgehead atoms. The van der Waals surface area contributed by atoms with Crippen molar-refractivity contribution >= 4 is 34.7 Å². The van der Waals surface area contributed by atoms with Gasteiger partial charge in [-0.3, -0.25) is 10.1 Å². The Balaban J connectivity index is 1.65. The number of halogens is 4. The molecular weight excluding hydrogens is 449 g/mol. The van der Waals surface area contributed by atoms with Gasteiger partial charge >= 0.3 is 11.6 Å². The molecule has 1 saturated heterocycles. The van der Waals surface area contributed by atoms with Crippen LogP contribution in [0.25, 0.3) is 0 Å². The van der Waals surface area contributed by atoms with Gasteiger partial charge < -0.3 is 14.8 Å². The number of aromatic nitrogens is 4. The van der Waals surface area contributed by atoms with Gasteiger partial charge in [0, 0.05) is 13.2 Å². The lowest BCUT2D eigenvalue weighted by Crippen LogP contribution is -2.41. The van der Waals surface area contributed by atoms with E-state index in [4.69, 9.17) is 32.7 Å². The molecule has 1 unspecified atom stereocenters. The number of nitrogens with one attached hydrogen (secondary N) is 1. The van der Waals surface area contributed by atoms with Crippen LogP contribution in [0.1, 0.15) is 24.6 Å². The highest BCUT2D eigenvalue weighted by atomic mass is 35.5. The molecule has 164 valence electrons. The third-order valence-electron chi connectivity index (χ3n) is 4.45. The SMILES string of the molecule is Cc1c([N+](=O)[O-])c(OCCCNc2nc(Cl)ncc2Cl)nn1C1CCOCC1(F)F. The minimum atomic E-state index is -3.19. The number of ether oxygens (including phenoxy) is 2. The first kappa shape index (κ1) is 22.4. The van der Waals surface area contributed by atoms with Crippen LogP contribution in [0.2, 0.25) is 10.3 Å². The van der Waals surface area contributed by atoms with E-state index in [1.807, 2.05) is 0 Å². The van der Waals surface area contributed by atoms with Gasteiger partial charge in [0.15, 0.2) is 0 Å². The fourth-order valence-electron chi connectivity index (χ4n) is 3.02. The number of alkyl halides is 2. The Morgan fingerprint density at radius 1 is 1.50 bits per heavy atom. The minimum Gasteiger partial charge on any atom is -0.472 e. The predicted octanol–water partition coefficient (Wildman–Crippen LogP) is 3.67. The number of nitro groups is 1. The van der Waals surface area contributed by atoms with Crippen LogP contribution in [0.3, 0.4) is 0 Å². The van der Waals surface area contributed by atoms with Gasteiger partial charge in [-0.05, 0) is 31.4 Å². The van der Waals surface area contributed by atoms with Crippen LogP contribution in [-0.2, 0) is 4.74 Å². The van der Waals surface area contributed by atoms with Crippen LogP contribution in [0.5, 0.6) is 5.88 Å². The van der Waals surface area contributed by atoms with Crippen molar-refractivity contribution in [1.82, 2.24) is 19.7 Å². The maximum absolute atomic E-state index is 14.2. The van der Waals surface area contributed by atoms with E-state index >= 15 is 0 Å². The van der Waals surface area contributed by atoms with E-state index in [1.165, 1.54) is 13.1 Å². The Morgan fingerprint density at radius 2 is 2.27 bits per heavy atom. The molecule has 0 aromatic carbocycles. The standard InChI is InChI=1S/C16H18Cl2F2N6O4/c1-9-12(26(27)28)14(24-25(9)11-3-6-29-8-16(11,19)20)30-5-2-4-21-13-10(17)7-22-15(18)23-13/h7,11H,2-6,8H2,1H3,(H,21,22,23). The second kappa shape index (κ2) is 9.23. The Labute approximate surface area is 179 Å². The van der Waals surface area contributed by atoms with Gasteiger partial charge in [0.2, 0.25) is 5.28 Å². The molecule has 10 nitrogen and oxygen atoms in total. The maximum Gasteiger partial charge on any atom is 0.352 e. The number of anilines is 1. The lowest BCUT2D eigenvalue weighted by Gasteiger charge is -2.31. The highest BCUT2D eigenvalue weighted by molar-refractivity contribution is 6.33. The van der Waals surface area contributed by atoms with Crippen LogP contribution in [0.4, 0.5) is 20.3 Å². The molecule has 0 saturated carbocycles. The smallest absolute Gasteiger partial charge is 0.352 e. The van der Waals surface area contributed by atoms with Crippen LogP contribution in [-0.4, -0.2) is 57.0 Å². The summed E-state index contributed by atoms with van der Waals surface area (Å²) in [7, 11) is 0. The number of rotatable bonds is 8. The third-order valence-corrected chi connectivity index (χ3v) is 4.91. The van der Waals surface area contributed by atoms with Gasteiger partial charge in [-0.2, -0.15) is 4.98 Å². The van der Waals surface area contributed by atoms with E-state index in [0.717, 1.165) is 4.68 Å². The zero-order chi connectivity index (χ0) is 21.9. The van der Waals surface area contributed by atoms with Crippen molar-refractivity contribution in [2.45, 2.75) is 31.7 Å². The molecule has 3 rings (SSSR count). The van der Waals surface area contributed by atoms with Crippen molar-refractivity contribution in [2.75, 3.05) is 31.7 Å². The summed E-state index contributed by atoms with van der Waals surface area (Å²) in [6.07, 6.45) is 1.73. The lowest BCUT2D eigenvalue weighted by atomic mass is 10.1. The Morgan fingerprint density at radius 3 is 2.97 bits per heavy atom. The Kier molecular flexibility index (Phi) is 6.88. The average molecular weight is 467 g/mol. The van der Waals surface area contributed by atoms with Gasteiger partial charge in [0.25, 0.3) is 5.92 Å². The van der Waals surface area contributed by atoms with E-state index in [0.29, 0.717) is 18.8 Å². The minimum absolute atomic E-state index is 0.00195. The largest absolute Gasteiger partial charge is 0.472 e. The third kappa shape index (κ3) is 4.87. The van der Waals surface area contributed by atoms with Crippen LogP contribution in [0.15, 0.2) is 6.20 Å². The van der Waals surface area contributed by atoms with Gasteiger partial charge in [-0.1, -0.05) is 11.6 Å². The van der Waals surface area contributed by atoms with Crippen molar-refractivity contribution in [3.8, 4) is 5.88 Å². The predicted molar refractivity (Wildman–Crippen MR) is 104 cm³/mol. The van der Waals surface area contributed by atoms with Crippen molar-refractivity contribution in [3.05, 3.63) is 32.3 Å². The molecule has 3 heterocycles. The summed E-state index contributed by atoms with van der Waals surface area (Å²) in [5.41, 5.74) is -0.432. The van der Waals surface area contributed by atoms with Gasteiger partial charge in [-0.25, -0.2) is 18.4 Å². The fourth-order valence-corrected chi connectivity index (χ4v) is 3.31. The van der Waals surface area contributed by atoms with Crippen LogP contribution >= 0.6 is 23.2 Å². The van der Waals surface area contributed by atoms with E-state index in [9.17, 15) is 18.9 Å². The molecule has 2 aromatic heterocycles. The van der Waals surface area contributed by atoms with E-state index in [1.54, 1.807) is 0 Å². The molecule has 1 atom stereocenters. The first-order valence-electron chi connectivity index (χ1n) is 8.94. The molecule has 2 aromatic rings. The van der Waals surface area contributed by atoms with Crippen molar-refractivity contribution in [3.63, 3.8) is 0 Å². The summed E-state index contributed by atoms with van der Waals surface area (Å²) in [6, 6.07) is -1.34. The number of hydrogen-bond acceptors (Lipinski definition) is 8. The van der Waals surface area contributed by atoms with Crippen molar-refractivity contribution in [2.24, 2.45) is 0 Å². The first-order chi connectivity index (χ1) is 14.2. The summed E-state index contributed by atoms with van der Waals surface area (Å²) in [4.78, 5) is 18.4. The molecule has 1 N–H and O–H groups in total. The normalized spacial score (nSPS) is 18.2. The Hall–Kier alpha value is -2.31. The summed E-state index contributed by atoms with van der Waals surface area (Å²) < 4.78 is 39.6. The van der Waals surface area contributed by atoms with Crippen molar-refractivity contribution < 1.29 is 23.2 Å². The molecule has 0 amide bonds. The highest BCUT2D eigenvalue weighted by Crippen LogP contribution is 2.40. The van der Waals surface area contributed by atoms with E-state index in [2.05, 4.69) is 20.4 Å². The first-order valence-corrected chi connectivity index (χ1v) is 9.70. The quantitative estimate of drug-likeness (QED) is 0.271. The molecule has 1 fully saturated rings. The number of nitrogens with zero attached hydrogens (tertiary/aromatic N) is 5. The molecule has 0 spiro atoms. The average Bonchev–Trinajstić information content (AvgIpc) is 3.00. The second-order valence-corrected chi connectivity index (χ2v) is 7.27. The Bertz CT molecular complexity index is 929. The summed E-state index contributed by atoms with van der Waals surface area (Å²) in [6.45, 7) is 1.13. The van der Waals surface area contributed by atoms with Gasteiger partial charge in [-0.15, -0.1) is 5.10 Å². The topological polar surface area (TPSA) is 117 Å². The maximum atomic E-state index is 14.2. The zero-order valence-electron chi connectivity index (χ0n) is 15.8. The lowest BCUT2D eigenvalue weighted by molar-refractivity contribution is -0.386. The summed E-state index contributed by atoms with van der Waals surface area (Å²) in [5, 5.41) is 18.7. The summed E-state index contributed by atoms with van der Waals surface area (Å²) in [5.74, 6) is -3.16. The van der Waals surface area contributed by atoms with E-state index < -0.39 is 29.2 Å². The fraction of sp³-hybridized carbons (Fsp3) is 0.562. The molecule has 30 heavy (non-hydrogen) atoms. The molecular formula is C16H18Cl2F2N6O4. The van der Waals surface area contributed by atoms with Gasteiger partial charge in [0.1, 0.15) is 29.2 Å². The highest BCUT2D eigenvalue weighted by Gasteiger charge is 2.46. The second-order valence-electron chi connectivity index (χ2n) is 6.52. The number of hydrogen-bond donors (Lipinski definition) is 1. The van der Waals surface area contributed by atoms with E-state index in [-0.39, 0.29) is 41.5 Å². The molecule has 1 aliphatic heterocycles. The molecule has 0 radical (unpaired) electrons. The van der Waals surface area contributed by atoms with Crippen LogP contribution in [0, 0.1) is 17.0 Å². The molecule has 14 heteroatoms. The molecule has 0 aliphatic carbocycles. The van der Waals surface area contributed by atoms with Crippen LogP contribution < -0.4 is 10.1 Å². The monoisotopic (exact) mass is 466 g/mol. The van der Waals surface area contributed by atoms with Gasteiger partial charge in [0.05, 0.1) is 17.7 Å². The zero-order valence-corrected chi connectivity index (χ0v) is 17.3. The summed E-state index contributed by atoms with van der Waals surface area (Å²) >= 11 is 11.6.